The molecule has 88 valence electrons. The highest BCUT2D eigenvalue weighted by Gasteiger charge is 2.03. The van der Waals surface area contributed by atoms with Gasteiger partial charge in [-0.15, -0.1) is 0 Å². The molecule has 1 unspecified atom stereocenters. The van der Waals surface area contributed by atoms with Gasteiger partial charge >= 0.3 is 5.97 Å². The number of hydrogen-bond donors (Lipinski definition) is 2. The van der Waals surface area contributed by atoms with Crippen LogP contribution in [0, 0.1) is 0 Å². The van der Waals surface area contributed by atoms with Gasteiger partial charge in [0, 0.05) is 18.3 Å². The number of methoxy groups -OCH3 is 1. The van der Waals surface area contributed by atoms with Gasteiger partial charge in [-0.3, -0.25) is 4.79 Å². The summed E-state index contributed by atoms with van der Waals surface area (Å²) in [7, 11) is 1.39. The molecule has 0 saturated heterocycles. The van der Waals surface area contributed by atoms with E-state index in [9.17, 15) is 4.79 Å². The first-order chi connectivity index (χ1) is 7.61. The minimum Gasteiger partial charge on any atom is -0.469 e. The van der Waals surface area contributed by atoms with Gasteiger partial charge in [0.05, 0.1) is 13.5 Å². The number of anilines is 1. The van der Waals surface area contributed by atoms with E-state index in [4.69, 9.17) is 5.73 Å². The van der Waals surface area contributed by atoms with Gasteiger partial charge in [-0.1, -0.05) is 12.1 Å². The molecule has 4 heteroatoms. The Hall–Kier alpha value is -1.55. The molecule has 0 heterocycles. The van der Waals surface area contributed by atoms with Gasteiger partial charge in [0.1, 0.15) is 0 Å². The van der Waals surface area contributed by atoms with E-state index in [1.165, 1.54) is 7.11 Å². The molecular weight excluding hydrogens is 204 g/mol. The van der Waals surface area contributed by atoms with Gasteiger partial charge in [0.25, 0.3) is 0 Å². The Labute approximate surface area is 95.8 Å². The van der Waals surface area contributed by atoms with Gasteiger partial charge < -0.3 is 15.8 Å². The van der Waals surface area contributed by atoms with Crippen molar-refractivity contribution in [2.75, 3.05) is 19.0 Å². The Morgan fingerprint density at radius 1 is 1.56 bits per heavy atom. The second-order valence-corrected chi connectivity index (χ2v) is 3.81. The lowest BCUT2D eigenvalue weighted by Crippen LogP contribution is -2.25. The minimum absolute atomic E-state index is 0.101. The van der Waals surface area contributed by atoms with E-state index in [1.807, 2.05) is 31.2 Å². The summed E-state index contributed by atoms with van der Waals surface area (Å²) in [5.41, 5.74) is 7.55. The first-order valence-electron chi connectivity index (χ1n) is 5.27. The van der Waals surface area contributed by atoms with E-state index < -0.39 is 0 Å². The Morgan fingerprint density at radius 2 is 2.31 bits per heavy atom. The predicted octanol–water partition coefficient (Wildman–Crippen LogP) is 1.16. The van der Waals surface area contributed by atoms with Crippen LogP contribution in [-0.2, 0) is 16.0 Å². The number of nitrogens with one attached hydrogen (secondary N) is 1. The molecule has 0 saturated carbocycles. The molecule has 1 aromatic rings. The third kappa shape index (κ3) is 4.31. The fourth-order valence-corrected chi connectivity index (χ4v) is 1.31. The van der Waals surface area contributed by atoms with Crippen molar-refractivity contribution in [2.45, 2.75) is 19.4 Å². The second kappa shape index (κ2) is 6.12. The Morgan fingerprint density at radius 3 is 2.94 bits per heavy atom. The summed E-state index contributed by atoms with van der Waals surface area (Å²) in [4.78, 5) is 11.1. The number of hydrogen-bond acceptors (Lipinski definition) is 4. The second-order valence-electron chi connectivity index (χ2n) is 3.81. The van der Waals surface area contributed by atoms with Gasteiger partial charge in [-0.25, -0.2) is 0 Å². The Balaban J connectivity index is 2.60. The van der Waals surface area contributed by atoms with Crippen LogP contribution in [0.5, 0.6) is 0 Å². The smallest absolute Gasteiger partial charge is 0.309 e. The zero-order valence-corrected chi connectivity index (χ0v) is 9.69. The first kappa shape index (κ1) is 12.5. The number of esters is 1. The van der Waals surface area contributed by atoms with Crippen LogP contribution >= 0.6 is 0 Å². The number of carbonyl (C=O) groups excluding carboxylic acids is 1. The van der Waals surface area contributed by atoms with Crippen molar-refractivity contribution in [3.63, 3.8) is 0 Å². The predicted molar refractivity (Wildman–Crippen MR) is 64.3 cm³/mol. The van der Waals surface area contributed by atoms with Crippen LogP contribution in [0.15, 0.2) is 24.3 Å². The van der Waals surface area contributed by atoms with Crippen molar-refractivity contribution in [3.8, 4) is 0 Å². The number of nitrogens with two attached hydrogens (primary N) is 1. The third-order valence-corrected chi connectivity index (χ3v) is 2.13. The molecule has 0 fully saturated rings. The van der Waals surface area contributed by atoms with E-state index in [0.717, 1.165) is 11.3 Å². The van der Waals surface area contributed by atoms with Crippen molar-refractivity contribution in [3.05, 3.63) is 29.8 Å². The molecule has 4 nitrogen and oxygen atoms in total. The molecule has 0 aliphatic rings. The molecule has 0 aromatic heterocycles. The van der Waals surface area contributed by atoms with Gasteiger partial charge in [-0.2, -0.15) is 0 Å². The van der Waals surface area contributed by atoms with Crippen molar-refractivity contribution < 1.29 is 9.53 Å². The maximum absolute atomic E-state index is 11.1. The lowest BCUT2D eigenvalue weighted by Gasteiger charge is -2.10. The van der Waals surface area contributed by atoms with Crippen LogP contribution in [0.2, 0.25) is 0 Å². The summed E-state index contributed by atoms with van der Waals surface area (Å²) in [6.07, 6.45) is 0.296. The third-order valence-electron chi connectivity index (χ3n) is 2.13. The largest absolute Gasteiger partial charge is 0.469 e. The molecule has 0 spiro atoms. The standard InChI is InChI=1S/C12H18N2O2/c1-9(13)8-14-11-5-3-4-10(6-11)7-12(15)16-2/h3-6,9,14H,7-8,13H2,1-2H3. The van der Waals surface area contributed by atoms with Crippen LogP contribution in [0.3, 0.4) is 0 Å². The van der Waals surface area contributed by atoms with Gasteiger partial charge in [0.15, 0.2) is 0 Å². The summed E-state index contributed by atoms with van der Waals surface area (Å²) >= 11 is 0. The van der Waals surface area contributed by atoms with Crippen LogP contribution in [0.4, 0.5) is 5.69 Å². The molecule has 0 aliphatic heterocycles. The molecule has 0 bridgehead atoms. The van der Waals surface area contributed by atoms with Crippen LogP contribution in [-0.4, -0.2) is 25.7 Å². The zero-order valence-electron chi connectivity index (χ0n) is 9.69. The summed E-state index contributed by atoms with van der Waals surface area (Å²) in [5.74, 6) is -0.232. The topological polar surface area (TPSA) is 64.3 Å². The van der Waals surface area contributed by atoms with E-state index in [-0.39, 0.29) is 12.0 Å². The number of rotatable bonds is 5. The molecule has 3 N–H and O–H groups in total. The van der Waals surface area contributed by atoms with E-state index in [0.29, 0.717) is 13.0 Å². The molecule has 16 heavy (non-hydrogen) atoms. The molecule has 1 rings (SSSR count). The van der Waals surface area contributed by atoms with Crippen molar-refractivity contribution in [2.24, 2.45) is 5.73 Å². The molecule has 0 amide bonds. The minimum atomic E-state index is -0.232. The lowest BCUT2D eigenvalue weighted by atomic mass is 10.1. The van der Waals surface area contributed by atoms with Gasteiger partial charge in [-0.05, 0) is 24.6 Å². The van der Waals surface area contributed by atoms with Crippen molar-refractivity contribution >= 4 is 11.7 Å². The fourth-order valence-electron chi connectivity index (χ4n) is 1.31. The Bertz CT molecular complexity index is 351. The lowest BCUT2D eigenvalue weighted by molar-refractivity contribution is -0.139. The highest BCUT2D eigenvalue weighted by Crippen LogP contribution is 2.11. The normalized spacial score (nSPS) is 11.9. The SMILES string of the molecule is COC(=O)Cc1cccc(NCC(C)N)c1. The van der Waals surface area contributed by atoms with Crippen LogP contribution in [0.1, 0.15) is 12.5 Å². The number of ether oxygens (including phenoxy) is 1. The zero-order chi connectivity index (χ0) is 12.0. The molecular formula is C12H18N2O2. The Kier molecular flexibility index (Phi) is 4.79. The highest BCUT2D eigenvalue weighted by atomic mass is 16.5. The monoisotopic (exact) mass is 222 g/mol. The maximum Gasteiger partial charge on any atom is 0.309 e. The van der Waals surface area contributed by atoms with Crippen molar-refractivity contribution in [1.29, 1.82) is 0 Å². The molecule has 1 atom stereocenters. The van der Waals surface area contributed by atoms with Crippen molar-refractivity contribution in [1.82, 2.24) is 0 Å². The molecule has 0 aliphatic carbocycles. The van der Waals surface area contributed by atoms with E-state index in [1.54, 1.807) is 0 Å². The van der Waals surface area contributed by atoms with Gasteiger partial charge in [0.2, 0.25) is 0 Å². The van der Waals surface area contributed by atoms with Crippen LogP contribution in [0.25, 0.3) is 0 Å². The maximum atomic E-state index is 11.1. The molecule has 0 radical (unpaired) electrons. The summed E-state index contributed by atoms with van der Waals surface area (Å²) in [5, 5.41) is 3.20. The average molecular weight is 222 g/mol. The quantitative estimate of drug-likeness (QED) is 0.734. The number of benzene rings is 1. The summed E-state index contributed by atoms with van der Waals surface area (Å²) in [6.45, 7) is 2.65. The van der Waals surface area contributed by atoms with E-state index >= 15 is 0 Å². The molecule has 1 aromatic carbocycles. The highest BCUT2D eigenvalue weighted by molar-refractivity contribution is 5.72. The average Bonchev–Trinajstić information content (AvgIpc) is 2.26. The number of carbonyl (C=O) groups is 1. The summed E-state index contributed by atoms with van der Waals surface area (Å²) in [6, 6.07) is 7.78. The summed E-state index contributed by atoms with van der Waals surface area (Å²) < 4.78 is 4.61. The van der Waals surface area contributed by atoms with Crippen LogP contribution < -0.4 is 11.1 Å². The van der Waals surface area contributed by atoms with E-state index in [2.05, 4.69) is 10.1 Å². The first-order valence-corrected chi connectivity index (χ1v) is 5.27. The fraction of sp³-hybridized carbons (Fsp3) is 0.417.